The zero-order valence-electron chi connectivity index (χ0n) is 11.3. The minimum atomic E-state index is 1.18. The Kier molecular flexibility index (Phi) is 9.94. The van der Waals surface area contributed by atoms with Crippen molar-refractivity contribution in [3.05, 3.63) is 72.4 Å². The second kappa shape index (κ2) is 10.9. The van der Waals surface area contributed by atoms with Crippen LogP contribution in [0.2, 0.25) is 0 Å². The Bertz CT molecular complexity index is 332. The van der Waals surface area contributed by atoms with Crippen LogP contribution in [0.15, 0.2) is 72.4 Å². The lowest BCUT2D eigenvalue weighted by Gasteiger charge is -1.98. The molecule has 0 heterocycles. The fourth-order valence-electron chi connectivity index (χ4n) is 1.41. The summed E-state index contributed by atoms with van der Waals surface area (Å²) in [5.74, 6) is 0. The van der Waals surface area contributed by atoms with Gasteiger partial charge in [-0.2, -0.15) is 0 Å². The van der Waals surface area contributed by atoms with Crippen LogP contribution in [-0.2, 0) is 0 Å². The molecule has 0 fully saturated rings. The molecule has 0 aromatic rings. The molecule has 1 aliphatic rings. The molecule has 0 aromatic heterocycles. The van der Waals surface area contributed by atoms with E-state index in [1.54, 1.807) is 6.08 Å². The Balaban J connectivity index is 0.000000318. The predicted octanol–water partition coefficient (Wildman–Crippen LogP) is 5.53. The van der Waals surface area contributed by atoms with Crippen molar-refractivity contribution < 1.29 is 0 Å². The molecule has 0 spiro atoms. The van der Waals surface area contributed by atoms with Crippen molar-refractivity contribution in [1.82, 2.24) is 0 Å². The zero-order valence-corrected chi connectivity index (χ0v) is 11.3. The van der Waals surface area contributed by atoms with Crippen LogP contribution in [0.3, 0.4) is 0 Å². The molecule has 0 saturated heterocycles. The molecule has 0 saturated carbocycles. The van der Waals surface area contributed by atoms with Gasteiger partial charge in [0.1, 0.15) is 0 Å². The van der Waals surface area contributed by atoms with Crippen LogP contribution in [0.5, 0.6) is 0 Å². The maximum Gasteiger partial charge on any atom is -0.0263 e. The van der Waals surface area contributed by atoms with E-state index >= 15 is 0 Å². The van der Waals surface area contributed by atoms with Gasteiger partial charge >= 0.3 is 0 Å². The lowest BCUT2D eigenvalue weighted by Crippen LogP contribution is -1.78. The van der Waals surface area contributed by atoms with E-state index < -0.39 is 0 Å². The summed E-state index contributed by atoms with van der Waals surface area (Å²) < 4.78 is 0. The highest BCUT2D eigenvalue weighted by Gasteiger charge is 1.88. The van der Waals surface area contributed by atoms with Crippen molar-refractivity contribution in [2.45, 2.75) is 33.6 Å². The predicted molar refractivity (Wildman–Crippen MR) is 80.0 cm³/mol. The van der Waals surface area contributed by atoms with Crippen molar-refractivity contribution in [1.29, 1.82) is 0 Å². The highest BCUT2D eigenvalue weighted by Crippen LogP contribution is 2.08. The Morgan fingerprint density at radius 3 is 2.18 bits per heavy atom. The van der Waals surface area contributed by atoms with Gasteiger partial charge in [0, 0.05) is 0 Å². The molecule has 1 rings (SSSR count). The first-order valence-corrected chi connectivity index (χ1v) is 6.15. The SMILES string of the molecule is C=CC=C(/C=C\C)/C=C/C.CC1=CC=CCC1. The molecule has 0 bridgehead atoms. The van der Waals surface area contributed by atoms with Crippen molar-refractivity contribution in [2.24, 2.45) is 0 Å². The zero-order chi connectivity index (χ0) is 12.9. The van der Waals surface area contributed by atoms with E-state index in [1.807, 2.05) is 44.2 Å². The highest BCUT2D eigenvalue weighted by atomic mass is 13.9. The average molecular weight is 228 g/mol. The molecule has 1 aliphatic carbocycles. The van der Waals surface area contributed by atoms with Gasteiger partial charge in [0.05, 0.1) is 0 Å². The molecule has 17 heavy (non-hydrogen) atoms. The van der Waals surface area contributed by atoms with Gasteiger partial charge in [-0.25, -0.2) is 0 Å². The summed E-state index contributed by atoms with van der Waals surface area (Å²) in [6.07, 6.45) is 20.9. The fourth-order valence-corrected chi connectivity index (χ4v) is 1.41. The lowest BCUT2D eigenvalue weighted by molar-refractivity contribution is 0.962. The first kappa shape index (κ1) is 15.4. The van der Waals surface area contributed by atoms with Crippen LogP contribution in [0.25, 0.3) is 0 Å². The highest BCUT2D eigenvalue weighted by molar-refractivity contribution is 5.32. The molecular weight excluding hydrogens is 204 g/mol. The third-order valence-corrected chi connectivity index (χ3v) is 2.25. The van der Waals surface area contributed by atoms with Crippen LogP contribution < -0.4 is 0 Å². The first-order valence-electron chi connectivity index (χ1n) is 6.15. The summed E-state index contributed by atoms with van der Waals surface area (Å²) in [4.78, 5) is 0. The van der Waals surface area contributed by atoms with E-state index in [0.29, 0.717) is 0 Å². The maximum absolute atomic E-state index is 3.62. The Morgan fingerprint density at radius 2 is 1.88 bits per heavy atom. The molecule has 0 atom stereocenters. The molecule has 0 nitrogen and oxygen atoms in total. The van der Waals surface area contributed by atoms with E-state index in [4.69, 9.17) is 0 Å². The standard InChI is InChI=1S/C10H14.C7H10/c1-4-7-10(8-5-2)9-6-3;1-7-5-3-2-4-6-7/h4-9H,1H2,2-3H3;2-3,5H,4,6H2,1H3/b8-5-,9-6+,10-7?;. The number of allylic oxidation sites excluding steroid dienone is 11. The second-order valence-corrected chi connectivity index (χ2v) is 3.88. The molecule has 0 aliphatic heterocycles. The fraction of sp³-hybridized carbons (Fsp3) is 0.294. The molecule has 0 N–H and O–H groups in total. The first-order chi connectivity index (χ1) is 8.24. The van der Waals surface area contributed by atoms with Gasteiger partial charge in [-0.1, -0.05) is 66.8 Å². The Labute approximate surface area is 106 Å². The Morgan fingerprint density at radius 1 is 1.24 bits per heavy atom. The molecule has 0 radical (unpaired) electrons. The lowest BCUT2D eigenvalue weighted by atomic mass is 10.1. The molecule has 0 unspecified atom stereocenters. The van der Waals surface area contributed by atoms with Crippen molar-refractivity contribution >= 4 is 0 Å². The van der Waals surface area contributed by atoms with Gasteiger partial charge in [0.2, 0.25) is 0 Å². The number of rotatable bonds is 3. The third-order valence-electron chi connectivity index (χ3n) is 2.25. The Hall–Kier alpha value is -1.56. The summed E-state index contributed by atoms with van der Waals surface area (Å²) in [6, 6.07) is 0. The molecule has 0 aromatic carbocycles. The van der Waals surface area contributed by atoms with Crippen LogP contribution in [0, 0.1) is 0 Å². The van der Waals surface area contributed by atoms with E-state index in [-0.39, 0.29) is 0 Å². The van der Waals surface area contributed by atoms with E-state index in [0.717, 1.165) is 0 Å². The minimum Gasteiger partial charge on any atom is -0.0990 e. The van der Waals surface area contributed by atoms with Gasteiger partial charge in [0.25, 0.3) is 0 Å². The third kappa shape index (κ3) is 9.37. The largest absolute Gasteiger partial charge is 0.0990 e. The van der Waals surface area contributed by atoms with Crippen molar-refractivity contribution in [2.75, 3.05) is 0 Å². The van der Waals surface area contributed by atoms with Crippen molar-refractivity contribution in [3.8, 4) is 0 Å². The minimum absolute atomic E-state index is 1.18. The molecule has 0 heteroatoms. The summed E-state index contributed by atoms with van der Waals surface area (Å²) in [7, 11) is 0. The summed E-state index contributed by atoms with van der Waals surface area (Å²) in [5, 5.41) is 0. The summed E-state index contributed by atoms with van der Waals surface area (Å²) in [5.41, 5.74) is 2.68. The van der Waals surface area contributed by atoms with Crippen LogP contribution in [-0.4, -0.2) is 0 Å². The van der Waals surface area contributed by atoms with Gasteiger partial charge in [-0.15, -0.1) is 0 Å². The summed E-state index contributed by atoms with van der Waals surface area (Å²) in [6.45, 7) is 9.79. The monoisotopic (exact) mass is 228 g/mol. The number of hydrogen-bond donors (Lipinski definition) is 0. The molecule has 92 valence electrons. The van der Waals surface area contributed by atoms with Gasteiger partial charge in [-0.3, -0.25) is 0 Å². The van der Waals surface area contributed by atoms with Crippen LogP contribution in [0.1, 0.15) is 33.6 Å². The van der Waals surface area contributed by atoms with Crippen LogP contribution in [0.4, 0.5) is 0 Å². The van der Waals surface area contributed by atoms with Gasteiger partial charge < -0.3 is 0 Å². The van der Waals surface area contributed by atoms with Crippen molar-refractivity contribution in [3.63, 3.8) is 0 Å². The summed E-state index contributed by atoms with van der Waals surface area (Å²) >= 11 is 0. The second-order valence-electron chi connectivity index (χ2n) is 3.88. The molecule has 0 amide bonds. The van der Waals surface area contributed by atoms with Gasteiger partial charge in [0.15, 0.2) is 0 Å². The van der Waals surface area contributed by atoms with Gasteiger partial charge in [-0.05, 0) is 39.2 Å². The van der Waals surface area contributed by atoms with E-state index in [9.17, 15) is 0 Å². The maximum atomic E-state index is 3.62. The van der Waals surface area contributed by atoms with E-state index in [2.05, 4.69) is 31.7 Å². The topological polar surface area (TPSA) is 0 Å². The normalized spacial score (nSPS) is 15.7. The smallest absolute Gasteiger partial charge is 0.0263 e. The van der Waals surface area contributed by atoms with Crippen LogP contribution >= 0.6 is 0 Å². The molecular formula is C17H24. The number of hydrogen-bond acceptors (Lipinski definition) is 0. The quantitative estimate of drug-likeness (QED) is 0.557. The van der Waals surface area contributed by atoms with E-state index in [1.165, 1.54) is 24.0 Å². The average Bonchev–Trinajstić information content (AvgIpc) is 2.32.